The second-order valence-electron chi connectivity index (χ2n) is 6.12. The first kappa shape index (κ1) is 20.6. The number of carbonyl (C=O) groups is 1. The largest absolute Gasteiger partial charge is 0.324 e. The molecule has 1 unspecified atom stereocenters. The quantitative estimate of drug-likeness (QED) is 0.787. The van der Waals surface area contributed by atoms with E-state index in [1.165, 1.54) is 13.0 Å². The van der Waals surface area contributed by atoms with Crippen LogP contribution in [-0.2, 0) is 14.8 Å². The predicted molar refractivity (Wildman–Crippen MR) is 108 cm³/mol. The van der Waals surface area contributed by atoms with Gasteiger partial charge in [-0.15, -0.1) is 0 Å². The molecule has 140 valence electrons. The number of hydrogen-bond acceptors (Lipinski definition) is 3. The summed E-state index contributed by atoms with van der Waals surface area (Å²) in [6.45, 7) is 5.16. The van der Waals surface area contributed by atoms with Gasteiger partial charge < -0.3 is 5.32 Å². The van der Waals surface area contributed by atoms with Gasteiger partial charge in [0, 0.05) is 15.7 Å². The van der Waals surface area contributed by atoms with Gasteiger partial charge in [0.1, 0.15) is 6.04 Å². The Bertz CT molecular complexity index is 945. The third kappa shape index (κ3) is 4.69. The van der Waals surface area contributed by atoms with Gasteiger partial charge in [-0.1, -0.05) is 35.3 Å². The van der Waals surface area contributed by atoms with Crippen LogP contribution in [0, 0.1) is 13.8 Å². The summed E-state index contributed by atoms with van der Waals surface area (Å²) in [6, 6.07) is 8.99. The van der Waals surface area contributed by atoms with Crippen LogP contribution in [0.1, 0.15) is 18.1 Å². The van der Waals surface area contributed by atoms with Gasteiger partial charge in [0.2, 0.25) is 15.9 Å². The standard InChI is InChI=1S/C18H20Cl2N2O3S/c1-11-6-8-15(10-16(11)20)22(26(4,24)25)13(3)18(23)21-17-9-14(19)7-5-12(17)2/h5-10,13H,1-4H3,(H,21,23). The van der Waals surface area contributed by atoms with Crippen LogP contribution in [-0.4, -0.2) is 26.6 Å². The molecule has 1 atom stereocenters. The molecular formula is C18H20Cl2N2O3S. The molecule has 0 aromatic heterocycles. The number of nitrogens with zero attached hydrogens (tertiary/aromatic N) is 1. The predicted octanol–water partition coefficient (Wildman–Crippen LogP) is 4.40. The molecule has 1 N–H and O–H groups in total. The summed E-state index contributed by atoms with van der Waals surface area (Å²) in [4.78, 5) is 12.7. The first-order chi connectivity index (χ1) is 12.0. The van der Waals surface area contributed by atoms with Crippen LogP contribution in [0.5, 0.6) is 0 Å². The molecule has 0 radical (unpaired) electrons. The molecule has 0 spiro atoms. The number of rotatable bonds is 5. The van der Waals surface area contributed by atoms with Crippen molar-refractivity contribution in [2.75, 3.05) is 15.9 Å². The van der Waals surface area contributed by atoms with Crippen molar-refractivity contribution >= 4 is 50.5 Å². The summed E-state index contributed by atoms with van der Waals surface area (Å²) >= 11 is 12.1. The smallest absolute Gasteiger partial charge is 0.248 e. The first-order valence-corrected chi connectivity index (χ1v) is 10.4. The molecule has 0 saturated heterocycles. The van der Waals surface area contributed by atoms with Crippen molar-refractivity contribution in [3.8, 4) is 0 Å². The normalized spacial score (nSPS) is 12.5. The highest BCUT2D eigenvalue weighted by atomic mass is 35.5. The van der Waals surface area contributed by atoms with Crippen molar-refractivity contribution in [2.45, 2.75) is 26.8 Å². The molecule has 0 bridgehead atoms. The number of halogens is 2. The Balaban J connectivity index is 2.37. The molecule has 0 aliphatic heterocycles. The Morgan fingerprint density at radius 3 is 2.27 bits per heavy atom. The maximum absolute atomic E-state index is 12.7. The second-order valence-corrected chi connectivity index (χ2v) is 8.82. The fourth-order valence-electron chi connectivity index (χ4n) is 2.49. The SMILES string of the molecule is Cc1ccc(N(C(C)C(=O)Nc2cc(Cl)ccc2C)S(C)(=O)=O)cc1Cl. The van der Waals surface area contributed by atoms with E-state index in [0.29, 0.717) is 21.4 Å². The second kappa shape index (κ2) is 7.86. The number of hydrogen-bond donors (Lipinski definition) is 1. The Hall–Kier alpha value is -1.76. The molecule has 2 rings (SSSR count). The number of amides is 1. The highest BCUT2D eigenvalue weighted by molar-refractivity contribution is 7.92. The van der Waals surface area contributed by atoms with Crippen LogP contribution >= 0.6 is 23.2 Å². The molecule has 0 fully saturated rings. The molecule has 0 aliphatic rings. The summed E-state index contributed by atoms with van der Waals surface area (Å²) in [5.74, 6) is -0.475. The van der Waals surface area contributed by atoms with Crippen LogP contribution in [0.25, 0.3) is 0 Å². The van der Waals surface area contributed by atoms with Crippen molar-refractivity contribution in [1.29, 1.82) is 0 Å². The molecule has 2 aromatic rings. The van der Waals surface area contributed by atoms with Crippen molar-refractivity contribution in [1.82, 2.24) is 0 Å². The lowest BCUT2D eigenvalue weighted by Gasteiger charge is -2.28. The van der Waals surface area contributed by atoms with Gasteiger partial charge in [-0.25, -0.2) is 8.42 Å². The molecule has 8 heteroatoms. The van der Waals surface area contributed by atoms with Crippen LogP contribution in [0.2, 0.25) is 10.0 Å². The third-order valence-electron chi connectivity index (χ3n) is 3.96. The first-order valence-electron chi connectivity index (χ1n) is 7.83. The van der Waals surface area contributed by atoms with Gasteiger partial charge in [0.15, 0.2) is 0 Å². The zero-order valence-electron chi connectivity index (χ0n) is 14.9. The van der Waals surface area contributed by atoms with Crippen molar-refractivity contribution in [3.05, 3.63) is 57.6 Å². The number of anilines is 2. The van der Waals surface area contributed by atoms with Crippen LogP contribution in [0.4, 0.5) is 11.4 Å². The molecule has 1 amide bonds. The summed E-state index contributed by atoms with van der Waals surface area (Å²) < 4.78 is 25.7. The summed E-state index contributed by atoms with van der Waals surface area (Å²) in [7, 11) is -3.71. The van der Waals surface area contributed by atoms with Gasteiger partial charge in [-0.2, -0.15) is 0 Å². The van der Waals surface area contributed by atoms with Crippen LogP contribution < -0.4 is 9.62 Å². The van der Waals surface area contributed by atoms with Gasteiger partial charge in [-0.3, -0.25) is 9.10 Å². The fraction of sp³-hybridized carbons (Fsp3) is 0.278. The molecule has 26 heavy (non-hydrogen) atoms. The van der Waals surface area contributed by atoms with E-state index < -0.39 is 22.0 Å². The molecule has 0 saturated carbocycles. The van der Waals surface area contributed by atoms with E-state index >= 15 is 0 Å². The van der Waals surface area contributed by atoms with Crippen molar-refractivity contribution in [3.63, 3.8) is 0 Å². The average Bonchev–Trinajstić information content (AvgIpc) is 2.53. The van der Waals surface area contributed by atoms with E-state index in [-0.39, 0.29) is 0 Å². The zero-order chi connectivity index (χ0) is 19.6. The highest BCUT2D eigenvalue weighted by Gasteiger charge is 2.29. The van der Waals surface area contributed by atoms with E-state index in [4.69, 9.17) is 23.2 Å². The maximum Gasteiger partial charge on any atom is 0.248 e. The van der Waals surface area contributed by atoms with Crippen LogP contribution in [0.3, 0.4) is 0 Å². The number of carbonyl (C=O) groups excluding carboxylic acids is 1. The Kier molecular flexibility index (Phi) is 6.21. The average molecular weight is 415 g/mol. The Morgan fingerprint density at radius 2 is 1.69 bits per heavy atom. The molecule has 0 aliphatic carbocycles. The number of benzene rings is 2. The summed E-state index contributed by atoms with van der Waals surface area (Å²) in [5, 5.41) is 3.64. The lowest BCUT2D eigenvalue weighted by atomic mass is 10.2. The molecule has 2 aromatic carbocycles. The number of sulfonamides is 1. The summed E-state index contributed by atoms with van der Waals surface area (Å²) in [5.41, 5.74) is 2.49. The van der Waals surface area contributed by atoms with E-state index in [0.717, 1.165) is 21.7 Å². The van der Waals surface area contributed by atoms with Crippen molar-refractivity contribution in [2.24, 2.45) is 0 Å². The van der Waals surface area contributed by atoms with E-state index in [1.807, 2.05) is 13.8 Å². The van der Waals surface area contributed by atoms with E-state index in [9.17, 15) is 13.2 Å². The topological polar surface area (TPSA) is 66.5 Å². The third-order valence-corrected chi connectivity index (χ3v) is 5.84. The fourth-order valence-corrected chi connectivity index (χ4v) is 4.01. The van der Waals surface area contributed by atoms with E-state index in [2.05, 4.69) is 5.32 Å². The number of nitrogens with one attached hydrogen (secondary N) is 1. The monoisotopic (exact) mass is 414 g/mol. The Morgan fingerprint density at radius 1 is 1.08 bits per heavy atom. The lowest BCUT2D eigenvalue weighted by molar-refractivity contribution is -0.116. The van der Waals surface area contributed by atoms with Gasteiger partial charge in [0.25, 0.3) is 0 Å². The van der Waals surface area contributed by atoms with Crippen LogP contribution in [0.15, 0.2) is 36.4 Å². The van der Waals surface area contributed by atoms with Gasteiger partial charge >= 0.3 is 0 Å². The highest BCUT2D eigenvalue weighted by Crippen LogP contribution is 2.27. The van der Waals surface area contributed by atoms with Gasteiger partial charge in [-0.05, 0) is 56.2 Å². The minimum absolute atomic E-state index is 0.327. The van der Waals surface area contributed by atoms with Gasteiger partial charge in [0.05, 0.1) is 11.9 Å². The summed E-state index contributed by atoms with van der Waals surface area (Å²) in [6.07, 6.45) is 1.05. The maximum atomic E-state index is 12.7. The molecular weight excluding hydrogens is 395 g/mol. The minimum Gasteiger partial charge on any atom is -0.324 e. The molecule has 0 heterocycles. The molecule has 5 nitrogen and oxygen atoms in total. The zero-order valence-corrected chi connectivity index (χ0v) is 17.2. The minimum atomic E-state index is -3.71. The van der Waals surface area contributed by atoms with E-state index in [1.54, 1.807) is 30.3 Å². The Labute approximate surface area is 164 Å². The number of aryl methyl sites for hydroxylation is 2. The van der Waals surface area contributed by atoms with Crippen molar-refractivity contribution < 1.29 is 13.2 Å². The lowest BCUT2D eigenvalue weighted by Crippen LogP contribution is -2.45.